The van der Waals surface area contributed by atoms with Gasteiger partial charge >= 0.3 is 0 Å². The van der Waals surface area contributed by atoms with Gasteiger partial charge in [-0.2, -0.15) is 0 Å². The molecule has 18 heavy (non-hydrogen) atoms. The van der Waals surface area contributed by atoms with E-state index in [2.05, 4.69) is 5.32 Å². The average molecular weight is 274 g/mol. The lowest BCUT2D eigenvalue weighted by Crippen LogP contribution is -2.51. The molecule has 7 heteroatoms. The number of rotatable bonds is 3. The van der Waals surface area contributed by atoms with E-state index in [1.807, 2.05) is 0 Å². The number of sulfone groups is 1. The Kier molecular flexibility index (Phi) is 4.04. The van der Waals surface area contributed by atoms with E-state index in [0.717, 1.165) is 0 Å². The summed E-state index contributed by atoms with van der Waals surface area (Å²) in [4.78, 5) is 13.8. The molecule has 2 atom stereocenters. The van der Waals surface area contributed by atoms with Crippen LogP contribution >= 0.6 is 0 Å². The van der Waals surface area contributed by atoms with Crippen molar-refractivity contribution >= 4 is 15.7 Å². The van der Waals surface area contributed by atoms with Crippen molar-refractivity contribution in [2.45, 2.75) is 19.0 Å². The third-order valence-electron chi connectivity index (χ3n) is 3.09. The largest absolute Gasteiger partial charge is 0.378 e. The molecule has 102 valence electrons. The maximum atomic E-state index is 12.1. The number of ether oxygens (including phenoxy) is 1. The maximum Gasteiger partial charge on any atom is 0.239 e. The molecular formula is C11H18N2O4S. The van der Waals surface area contributed by atoms with Crippen LogP contribution in [0.5, 0.6) is 0 Å². The molecule has 2 aliphatic heterocycles. The molecule has 1 saturated heterocycles. The highest BCUT2D eigenvalue weighted by molar-refractivity contribution is 7.94. The molecule has 0 aromatic rings. The Morgan fingerprint density at radius 2 is 2.11 bits per heavy atom. The SMILES string of the molecule is CC(NC1C=CS(=O)(=O)C1)C(=O)N1CCOCC1. The van der Waals surface area contributed by atoms with Gasteiger partial charge in [0.05, 0.1) is 25.0 Å². The third-order valence-corrected chi connectivity index (χ3v) is 4.48. The van der Waals surface area contributed by atoms with Crippen LogP contribution in [0.4, 0.5) is 0 Å². The van der Waals surface area contributed by atoms with Crippen molar-refractivity contribution < 1.29 is 17.9 Å². The zero-order valence-corrected chi connectivity index (χ0v) is 11.1. The third kappa shape index (κ3) is 3.30. The van der Waals surface area contributed by atoms with Crippen LogP contribution in [0.1, 0.15) is 6.92 Å². The minimum absolute atomic E-state index is 0.00371. The lowest BCUT2D eigenvalue weighted by molar-refractivity contribution is -0.137. The van der Waals surface area contributed by atoms with Crippen LogP contribution in [0.3, 0.4) is 0 Å². The zero-order chi connectivity index (χ0) is 13.2. The molecule has 1 fully saturated rings. The molecule has 1 amide bonds. The van der Waals surface area contributed by atoms with Gasteiger partial charge in [0, 0.05) is 24.5 Å². The average Bonchev–Trinajstić information content (AvgIpc) is 2.68. The fraction of sp³-hybridized carbons (Fsp3) is 0.727. The van der Waals surface area contributed by atoms with E-state index in [0.29, 0.717) is 26.3 Å². The van der Waals surface area contributed by atoms with E-state index >= 15 is 0 Å². The van der Waals surface area contributed by atoms with Gasteiger partial charge in [-0.25, -0.2) is 8.42 Å². The quantitative estimate of drug-likeness (QED) is 0.724. The fourth-order valence-electron chi connectivity index (χ4n) is 2.13. The van der Waals surface area contributed by atoms with Crippen molar-refractivity contribution in [2.24, 2.45) is 0 Å². The number of hydrogen-bond acceptors (Lipinski definition) is 5. The van der Waals surface area contributed by atoms with Crippen LogP contribution in [0.25, 0.3) is 0 Å². The molecule has 6 nitrogen and oxygen atoms in total. The Bertz CT molecular complexity index is 440. The van der Waals surface area contributed by atoms with Crippen LogP contribution in [0.2, 0.25) is 0 Å². The lowest BCUT2D eigenvalue weighted by atomic mass is 10.2. The second kappa shape index (κ2) is 5.38. The van der Waals surface area contributed by atoms with Crippen molar-refractivity contribution in [3.8, 4) is 0 Å². The molecular weight excluding hydrogens is 256 g/mol. The van der Waals surface area contributed by atoms with Gasteiger partial charge in [0.1, 0.15) is 0 Å². The minimum Gasteiger partial charge on any atom is -0.378 e. The highest BCUT2D eigenvalue weighted by atomic mass is 32.2. The van der Waals surface area contributed by atoms with Crippen molar-refractivity contribution in [2.75, 3.05) is 32.1 Å². The van der Waals surface area contributed by atoms with Crippen LogP contribution in [0.15, 0.2) is 11.5 Å². The Hall–Kier alpha value is -0.920. The smallest absolute Gasteiger partial charge is 0.239 e. The predicted octanol–water partition coefficient (Wildman–Crippen LogP) is -0.866. The van der Waals surface area contributed by atoms with Gasteiger partial charge in [0.15, 0.2) is 9.84 Å². The zero-order valence-electron chi connectivity index (χ0n) is 10.3. The first kappa shape index (κ1) is 13.5. The summed E-state index contributed by atoms with van der Waals surface area (Å²) in [7, 11) is -3.08. The standard InChI is InChI=1S/C11H18N2O4S/c1-9(11(14)13-3-5-17-6-4-13)12-10-2-7-18(15,16)8-10/h2,7,9-10,12H,3-6,8H2,1H3. The normalized spacial score (nSPS) is 28.3. The maximum absolute atomic E-state index is 12.1. The van der Waals surface area contributed by atoms with Gasteiger partial charge < -0.3 is 9.64 Å². The van der Waals surface area contributed by atoms with Gasteiger partial charge in [0.25, 0.3) is 0 Å². The van der Waals surface area contributed by atoms with E-state index in [1.165, 1.54) is 5.41 Å². The number of carbonyl (C=O) groups is 1. The Balaban J connectivity index is 1.86. The molecule has 0 spiro atoms. The van der Waals surface area contributed by atoms with Gasteiger partial charge in [0.2, 0.25) is 5.91 Å². The van der Waals surface area contributed by atoms with Gasteiger partial charge in [-0.1, -0.05) is 6.08 Å². The molecule has 1 N–H and O–H groups in total. The molecule has 0 aromatic heterocycles. The second-order valence-electron chi connectivity index (χ2n) is 4.59. The summed E-state index contributed by atoms with van der Waals surface area (Å²) in [6, 6.07) is -0.652. The van der Waals surface area contributed by atoms with Crippen LogP contribution in [0, 0.1) is 0 Å². The summed E-state index contributed by atoms with van der Waals surface area (Å²) in [6.45, 7) is 4.09. The molecule has 2 aliphatic rings. The predicted molar refractivity (Wildman–Crippen MR) is 66.7 cm³/mol. The first-order valence-electron chi connectivity index (χ1n) is 6.01. The number of morpholine rings is 1. The summed E-state index contributed by atoms with van der Waals surface area (Å²) in [5.41, 5.74) is 0. The summed E-state index contributed by atoms with van der Waals surface area (Å²) in [5.74, 6) is 0.0317. The van der Waals surface area contributed by atoms with Crippen molar-refractivity contribution in [3.05, 3.63) is 11.5 Å². The van der Waals surface area contributed by atoms with Crippen molar-refractivity contribution in [1.29, 1.82) is 0 Å². The molecule has 2 heterocycles. The molecule has 0 saturated carbocycles. The Morgan fingerprint density at radius 3 is 2.67 bits per heavy atom. The lowest BCUT2D eigenvalue weighted by Gasteiger charge is -2.30. The van der Waals surface area contributed by atoms with E-state index < -0.39 is 9.84 Å². The number of hydrogen-bond donors (Lipinski definition) is 1. The van der Waals surface area contributed by atoms with Crippen LogP contribution < -0.4 is 5.32 Å². The number of nitrogens with zero attached hydrogens (tertiary/aromatic N) is 1. The van der Waals surface area contributed by atoms with Crippen molar-refractivity contribution in [1.82, 2.24) is 10.2 Å². The van der Waals surface area contributed by atoms with E-state index in [-0.39, 0.29) is 23.7 Å². The second-order valence-corrected chi connectivity index (χ2v) is 6.52. The molecule has 0 aromatic carbocycles. The van der Waals surface area contributed by atoms with Gasteiger partial charge in [-0.15, -0.1) is 0 Å². The van der Waals surface area contributed by atoms with Crippen LogP contribution in [-0.4, -0.2) is 63.4 Å². The van der Waals surface area contributed by atoms with Gasteiger partial charge in [-0.3, -0.25) is 10.1 Å². The van der Waals surface area contributed by atoms with E-state index in [9.17, 15) is 13.2 Å². The Labute approximate surface area is 107 Å². The van der Waals surface area contributed by atoms with Crippen molar-refractivity contribution in [3.63, 3.8) is 0 Å². The number of amides is 1. The van der Waals surface area contributed by atoms with Gasteiger partial charge in [-0.05, 0) is 6.92 Å². The number of carbonyl (C=O) groups excluding carboxylic acids is 1. The Morgan fingerprint density at radius 1 is 1.44 bits per heavy atom. The molecule has 2 unspecified atom stereocenters. The van der Waals surface area contributed by atoms with E-state index in [4.69, 9.17) is 4.74 Å². The topological polar surface area (TPSA) is 75.7 Å². The molecule has 0 bridgehead atoms. The molecule has 0 radical (unpaired) electrons. The summed E-state index contributed by atoms with van der Waals surface area (Å²) in [6.07, 6.45) is 1.60. The summed E-state index contributed by atoms with van der Waals surface area (Å²) in [5, 5.41) is 4.24. The molecule has 0 aliphatic carbocycles. The highest BCUT2D eigenvalue weighted by Gasteiger charge is 2.27. The number of nitrogens with one attached hydrogen (secondary N) is 1. The highest BCUT2D eigenvalue weighted by Crippen LogP contribution is 2.09. The summed E-state index contributed by atoms with van der Waals surface area (Å²) >= 11 is 0. The monoisotopic (exact) mass is 274 g/mol. The van der Waals surface area contributed by atoms with Crippen LogP contribution in [-0.2, 0) is 19.4 Å². The summed E-state index contributed by atoms with van der Waals surface area (Å²) < 4.78 is 27.7. The fourth-order valence-corrected chi connectivity index (χ4v) is 3.38. The minimum atomic E-state index is -3.08. The molecule has 2 rings (SSSR count). The first-order chi connectivity index (χ1) is 8.48. The first-order valence-corrected chi connectivity index (χ1v) is 7.73. The van der Waals surface area contributed by atoms with E-state index in [1.54, 1.807) is 17.9 Å².